The summed E-state index contributed by atoms with van der Waals surface area (Å²) in [4.78, 5) is 12.2. The number of Topliss-reactive ketones (excluding diaryl/α,β-unsaturated/α-hetero) is 1. The van der Waals surface area contributed by atoms with Crippen LogP contribution in [0.5, 0.6) is 0 Å². The SMILES string of the molecule is Cc1ccc(C[C@@H](C(=O)C(C)C)C(C)C)cc1. The molecule has 1 aromatic rings. The van der Waals surface area contributed by atoms with Gasteiger partial charge in [0.25, 0.3) is 0 Å². The lowest BCUT2D eigenvalue weighted by Crippen LogP contribution is -2.26. The summed E-state index contributed by atoms with van der Waals surface area (Å²) < 4.78 is 0. The van der Waals surface area contributed by atoms with Crippen molar-refractivity contribution >= 4 is 5.78 Å². The average molecular weight is 232 g/mol. The molecule has 0 aromatic heterocycles. The largest absolute Gasteiger partial charge is 0.299 e. The molecule has 0 saturated heterocycles. The summed E-state index contributed by atoms with van der Waals surface area (Å²) in [5.74, 6) is 1.08. The van der Waals surface area contributed by atoms with E-state index < -0.39 is 0 Å². The van der Waals surface area contributed by atoms with Gasteiger partial charge in [-0.2, -0.15) is 0 Å². The lowest BCUT2D eigenvalue weighted by Gasteiger charge is -2.21. The van der Waals surface area contributed by atoms with Crippen molar-refractivity contribution in [3.8, 4) is 0 Å². The van der Waals surface area contributed by atoms with Crippen molar-refractivity contribution < 1.29 is 4.79 Å². The Morgan fingerprint density at radius 3 is 2.00 bits per heavy atom. The van der Waals surface area contributed by atoms with Crippen LogP contribution in [0.3, 0.4) is 0 Å². The van der Waals surface area contributed by atoms with Crippen molar-refractivity contribution in [2.24, 2.45) is 17.8 Å². The van der Waals surface area contributed by atoms with E-state index in [-0.39, 0.29) is 11.8 Å². The van der Waals surface area contributed by atoms with Gasteiger partial charge in [0.15, 0.2) is 0 Å². The molecule has 17 heavy (non-hydrogen) atoms. The van der Waals surface area contributed by atoms with Crippen molar-refractivity contribution in [2.75, 3.05) is 0 Å². The predicted octanol–water partition coefficient (Wildman–Crippen LogP) is 4.03. The van der Waals surface area contributed by atoms with E-state index in [9.17, 15) is 4.79 Å². The zero-order valence-electron chi connectivity index (χ0n) is 11.7. The molecule has 0 amide bonds. The van der Waals surface area contributed by atoms with Crippen LogP contribution in [0, 0.1) is 24.7 Å². The Labute approximate surface area is 105 Å². The molecule has 0 spiro atoms. The van der Waals surface area contributed by atoms with Gasteiger partial charge in [-0.3, -0.25) is 4.79 Å². The lowest BCUT2D eigenvalue weighted by molar-refractivity contribution is -0.127. The van der Waals surface area contributed by atoms with Crippen LogP contribution in [-0.2, 0) is 11.2 Å². The van der Waals surface area contributed by atoms with Gasteiger partial charge in [0.05, 0.1) is 0 Å². The molecular formula is C16H24O. The fourth-order valence-electron chi connectivity index (χ4n) is 2.07. The van der Waals surface area contributed by atoms with E-state index in [1.54, 1.807) is 0 Å². The van der Waals surface area contributed by atoms with Crippen LogP contribution in [0.25, 0.3) is 0 Å². The summed E-state index contributed by atoms with van der Waals surface area (Å²) >= 11 is 0. The number of rotatable bonds is 5. The van der Waals surface area contributed by atoms with E-state index in [1.165, 1.54) is 11.1 Å². The van der Waals surface area contributed by atoms with Crippen LogP contribution in [0.15, 0.2) is 24.3 Å². The van der Waals surface area contributed by atoms with Crippen molar-refractivity contribution in [3.63, 3.8) is 0 Å². The van der Waals surface area contributed by atoms with Gasteiger partial charge in [-0.25, -0.2) is 0 Å². The second-order valence-electron chi connectivity index (χ2n) is 5.60. The molecule has 0 bridgehead atoms. The molecule has 0 N–H and O–H groups in total. The van der Waals surface area contributed by atoms with E-state index in [2.05, 4.69) is 45.0 Å². The highest BCUT2D eigenvalue weighted by atomic mass is 16.1. The summed E-state index contributed by atoms with van der Waals surface area (Å²) in [5.41, 5.74) is 2.54. The van der Waals surface area contributed by atoms with E-state index in [0.29, 0.717) is 11.7 Å². The van der Waals surface area contributed by atoms with E-state index >= 15 is 0 Å². The van der Waals surface area contributed by atoms with Gasteiger partial charge in [0, 0.05) is 11.8 Å². The molecule has 0 radical (unpaired) electrons. The Hall–Kier alpha value is -1.11. The second kappa shape index (κ2) is 6.00. The molecule has 1 aromatic carbocycles. The molecule has 0 aliphatic carbocycles. The maximum Gasteiger partial charge on any atom is 0.139 e. The van der Waals surface area contributed by atoms with Crippen LogP contribution in [0.1, 0.15) is 38.8 Å². The van der Waals surface area contributed by atoms with E-state index in [4.69, 9.17) is 0 Å². The molecule has 0 aliphatic rings. The van der Waals surface area contributed by atoms with Gasteiger partial charge >= 0.3 is 0 Å². The number of carbonyl (C=O) groups excluding carboxylic acids is 1. The first-order valence-electron chi connectivity index (χ1n) is 6.51. The standard InChI is InChI=1S/C16H24O/c1-11(2)15(16(17)12(3)4)10-14-8-6-13(5)7-9-14/h6-9,11-12,15H,10H2,1-5H3/t15-/m1/s1. The van der Waals surface area contributed by atoms with Crippen molar-refractivity contribution in [3.05, 3.63) is 35.4 Å². The minimum atomic E-state index is 0.132. The Morgan fingerprint density at radius 2 is 1.59 bits per heavy atom. The third-order valence-electron chi connectivity index (χ3n) is 3.32. The van der Waals surface area contributed by atoms with Crippen LogP contribution >= 0.6 is 0 Å². The smallest absolute Gasteiger partial charge is 0.139 e. The molecule has 1 nitrogen and oxygen atoms in total. The first-order chi connectivity index (χ1) is 7.91. The Bertz CT molecular complexity index is 360. The fraction of sp³-hybridized carbons (Fsp3) is 0.562. The summed E-state index contributed by atoms with van der Waals surface area (Å²) in [5, 5.41) is 0. The molecule has 1 heteroatoms. The first kappa shape index (κ1) is 14.0. The Kier molecular flexibility index (Phi) is 4.92. The van der Waals surface area contributed by atoms with Crippen molar-refractivity contribution in [1.82, 2.24) is 0 Å². The maximum absolute atomic E-state index is 12.2. The quantitative estimate of drug-likeness (QED) is 0.749. The highest BCUT2D eigenvalue weighted by molar-refractivity contribution is 5.83. The Balaban J connectivity index is 2.80. The molecule has 0 aliphatic heterocycles. The van der Waals surface area contributed by atoms with Crippen LogP contribution in [0.2, 0.25) is 0 Å². The Morgan fingerprint density at radius 1 is 1.06 bits per heavy atom. The summed E-state index contributed by atoms with van der Waals surface area (Å²) in [6, 6.07) is 8.51. The molecule has 0 heterocycles. The number of hydrogen-bond donors (Lipinski definition) is 0. The van der Waals surface area contributed by atoms with Crippen LogP contribution in [0.4, 0.5) is 0 Å². The summed E-state index contributed by atoms with van der Waals surface area (Å²) in [6.07, 6.45) is 0.870. The van der Waals surface area contributed by atoms with Crippen LogP contribution in [-0.4, -0.2) is 5.78 Å². The molecule has 1 atom stereocenters. The topological polar surface area (TPSA) is 17.1 Å². The fourth-order valence-corrected chi connectivity index (χ4v) is 2.07. The second-order valence-corrected chi connectivity index (χ2v) is 5.60. The van der Waals surface area contributed by atoms with Gasteiger partial charge in [0.2, 0.25) is 0 Å². The molecule has 1 rings (SSSR count). The van der Waals surface area contributed by atoms with Gasteiger partial charge in [-0.15, -0.1) is 0 Å². The third-order valence-corrected chi connectivity index (χ3v) is 3.32. The summed E-state index contributed by atoms with van der Waals surface area (Å²) in [7, 11) is 0. The average Bonchev–Trinajstić information content (AvgIpc) is 2.26. The van der Waals surface area contributed by atoms with E-state index in [0.717, 1.165) is 6.42 Å². The molecule has 0 fully saturated rings. The van der Waals surface area contributed by atoms with Gasteiger partial charge in [-0.1, -0.05) is 57.5 Å². The first-order valence-corrected chi connectivity index (χ1v) is 6.51. The van der Waals surface area contributed by atoms with Gasteiger partial charge in [0.1, 0.15) is 5.78 Å². The monoisotopic (exact) mass is 232 g/mol. The zero-order valence-corrected chi connectivity index (χ0v) is 11.7. The molecule has 94 valence electrons. The highest BCUT2D eigenvalue weighted by Gasteiger charge is 2.24. The molecule has 0 unspecified atom stereocenters. The molecular weight excluding hydrogens is 208 g/mol. The number of hydrogen-bond acceptors (Lipinski definition) is 1. The lowest BCUT2D eigenvalue weighted by atomic mass is 9.82. The van der Waals surface area contributed by atoms with E-state index in [1.807, 2.05) is 13.8 Å². The number of aryl methyl sites for hydroxylation is 1. The zero-order chi connectivity index (χ0) is 13.0. The maximum atomic E-state index is 12.2. The normalized spacial score (nSPS) is 13.1. The minimum absolute atomic E-state index is 0.132. The van der Waals surface area contributed by atoms with Crippen LogP contribution < -0.4 is 0 Å². The molecule has 0 saturated carbocycles. The van der Waals surface area contributed by atoms with Crippen molar-refractivity contribution in [2.45, 2.75) is 41.0 Å². The van der Waals surface area contributed by atoms with Crippen molar-refractivity contribution in [1.29, 1.82) is 0 Å². The number of ketones is 1. The minimum Gasteiger partial charge on any atom is -0.299 e. The highest BCUT2D eigenvalue weighted by Crippen LogP contribution is 2.21. The summed E-state index contributed by atoms with van der Waals surface area (Å²) in [6.45, 7) is 10.3. The third kappa shape index (κ3) is 3.99. The number of benzene rings is 1. The van der Waals surface area contributed by atoms with Gasteiger partial charge < -0.3 is 0 Å². The van der Waals surface area contributed by atoms with Gasteiger partial charge in [-0.05, 0) is 24.8 Å². The number of carbonyl (C=O) groups is 1. The predicted molar refractivity (Wildman–Crippen MR) is 73.1 cm³/mol.